The summed E-state index contributed by atoms with van der Waals surface area (Å²) in [4.78, 5) is 29.9. The monoisotopic (exact) mass is 454 g/mol. The minimum atomic E-state index is -0.632. The van der Waals surface area contributed by atoms with Gasteiger partial charge in [-0.15, -0.1) is 0 Å². The molecule has 5 rings (SSSR count). The lowest BCUT2D eigenvalue weighted by molar-refractivity contribution is 0.0468. The predicted molar refractivity (Wildman–Crippen MR) is 124 cm³/mol. The van der Waals surface area contributed by atoms with Crippen LogP contribution in [0.1, 0.15) is 21.6 Å². The van der Waals surface area contributed by atoms with E-state index in [0.29, 0.717) is 22.6 Å². The van der Waals surface area contributed by atoms with Gasteiger partial charge in [0.2, 0.25) is 0 Å². The molecule has 0 bridgehead atoms. The fourth-order valence-electron chi connectivity index (χ4n) is 3.61. The van der Waals surface area contributed by atoms with Gasteiger partial charge >= 0.3 is 5.97 Å². The first kappa shape index (κ1) is 21.3. The van der Waals surface area contributed by atoms with E-state index in [-0.39, 0.29) is 23.5 Å². The Labute approximate surface area is 193 Å². The van der Waals surface area contributed by atoms with E-state index < -0.39 is 5.97 Å². The minimum Gasteiger partial charge on any atom is -0.455 e. The average molecular weight is 454 g/mol. The molecule has 8 heteroatoms. The van der Waals surface area contributed by atoms with Crippen LogP contribution in [-0.2, 0) is 11.3 Å². The molecule has 0 aliphatic carbocycles. The van der Waals surface area contributed by atoms with Crippen LogP contribution in [0.4, 0.5) is 4.39 Å². The maximum Gasteiger partial charge on any atom is 0.342 e. The Morgan fingerprint density at radius 2 is 1.76 bits per heavy atom. The van der Waals surface area contributed by atoms with E-state index in [0.717, 1.165) is 11.3 Å². The van der Waals surface area contributed by atoms with Crippen LogP contribution in [0.2, 0.25) is 0 Å². The van der Waals surface area contributed by atoms with Crippen LogP contribution in [0.25, 0.3) is 22.6 Å². The Balaban J connectivity index is 1.46. The molecule has 3 heterocycles. The summed E-state index contributed by atoms with van der Waals surface area (Å²) < 4.78 is 22.0. The van der Waals surface area contributed by atoms with E-state index in [9.17, 15) is 14.0 Å². The van der Waals surface area contributed by atoms with Crippen molar-refractivity contribution in [3.05, 3.63) is 118 Å². The van der Waals surface area contributed by atoms with Crippen LogP contribution in [0, 0.1) is 12.7 Å². The zero-order valence-electron chi connectivity index (χ0n) is 18.2. The van der Waals surface area contributed by atoms with Gasteiger partial charge < -0.3 is 4.74 Å². The van der Waals surface area contributed by atoms with Gasteiger partial charge in [0, 0.05) is 24.0 Å². The second kappa shape index (κ2) is 8.74. The first-order valence-corrected chi connectivity index (χ1v) is 10.5. The molecule has 0 atom stereocenters. The van der Waals surface area contributed by atoms with Crippen molar-refractivity contribution in [2.75, 3.05) is 0 Å². The number of halogens is 1. The molecule has 0 aliphatic heterocycles. The fraction of sp³-hybridized carbons (Fsp3) is 0.0769. The lowest BCUT2D eigenvalue weighted by Crippen LogP contribution is -2.17. The third-order valence-electron chi connectivity index (χ3n) is 5.28. The number of hydrogen-bond acceptors (Lipinski definition) is 5. The quantitative estimate of drug-likeness (QED) is 0.369. The van der Waals surface area contributed by atoms with Gasteiger partial charge in [-0.25, -0.2) is 18.9 Å². The molecule has 34 heavy (non-hydrogen) atoms. The molecule has 2 aromatic carbocycles. The van der Waals surface area contributed by atoms with Crippen LogP contribution in [0.3, 0.4) is 0 Å². The Morgan fingerprint density at radius 1 is 1.00 bits per heavy atom. The topological polar surface area (TPSA) is 78.5 Å². The number of esters is 1. The highest BCUT2D eigenvalue weighted by molar-refractivity contribution is 5.96. The summed E-state index contributed by atoms with van der Waals surface area (Å²) in [6.07, 6.45) is 3.27. The van der Waals surface area contributed by atoms with Crippen molar-refractivity contribution in [3.8, 4) is 16.9 Å². The molecule has 0 radical (unpaired) electrons. The van der Waals surface area contributed by atoms with Gasteiger partial charge in [-0.05, 0) is 55.0 Å². The van der Waals surface area contributed by atoms with Crippen LogP contribution in [-0.4, -0.2) is 25.1 Å². The Kier molecular flexibility index (Phi) is 5.47. The number of para-hydroxylation sites is 1. The number of hydrogen-bond donors (Lipinski definition) is 0. The van der Waals surface area contributed by atoms with Gasteiger partial charge in [0.1, 0.15) is 29.3 Å². The molecule has 3 aromatic heterocycles. The lowest BCUT2D eigenvalue weighted by atomic mass is 10.1. The SMILES string of the molecule is Cc1ccc2nc(COC(=O)c3cn(-c4ccccc4)nc3-c3ccc(F)cc3)cc(=O)n2c1. The molecule has 0 fully saturated rings. The first-order chi connectivity index (χ1) is 16.5. The molecule has 0 saturated heterocycles. The third-order valence-corrected chi connectivity index (χ3v) is 5.28. The van der Waals surface area contributed by atoms with Crippen LogP contribution >= 0.6 is 0 Å². The first-order valence-electron chi connectivity index (χ1n) is 10.5. The summed E-state index contributed by atoms with van der Waals surface area (Å²) >= 11 is 0. The molecule has 7 nitrogen and oxygen atoms in total. The molecule has 0 aliphatic rings. The van der Waals surface area contributed by atoms with Crippen molar-refractivity contribution in [1.29, 1.82) is 0 Å². The number of aryl methyl sites for hydroxylation is 1. The fourth-order valence-corrected chi connectivity index (χ4v) is 3.61. The molecular formula is C26H19FN4O3. The van der Waals surface area contributed by atoms with Gasteiger partial charge in [-0.1, -0.05) is 24.3 Å². The predicted octanol–water partition coefficient (Wildman–Crippen LogP) is 4.35. The third kappa shape index (κ3) is 4.21. The van der Waals surface area contributed by atoms with E-state index in [1.807, 2.05) is 43.3 Å². The van der Waals surface area contributed by atoms with E-state index in [4.69, 9.17) is 4.74 Å². The second-order valence-electron chi connectivity index (χ2n) is 7.77. The zero-order chi connectivity index (χ0) is 23.7. The maximum atomic E-state index is 13.5. The molecular weight excluding hydrogens is 435 g/mol. The highest BCUT2D eigenvalue weighted by Crippen LogP contribution is 2.25. The number of rotatable bonds is 5. The van der Waals surface area contributed by atoms with Crippen molar-refractivity contribution < 1.29 is 13.9 Å². The molecule has 5 aromatic rings. The molecule has 0 unspecified atom stereocenters. The molecule has 0 saturated carbocycles. The molecule has 0 spiro atoms. The van der Waals surface area contributed by atoms with Crippen molar-refractivity contribution >= 4 is 11.6 Å². The van der Waals surface area contributed by atoms with Gasteiger partial charge in [-0.2, -0.15) is 5.10 Å². The molecule has 0 amide bonds. The van der Waals surface area contributed by atoms with Crippen LogP contribution in [0.15, 0.2) is 90.0 Å². The van der Waals surface area contributed by atoms with Crippen molar-refractivity contribution in [1.82, 2.24) is 19.2 Å². The standard InChI is InChI=1S/C26H19FN4O3/c1-17-7-12-23-28-20(13-24(32)30(23)14-17)16-34-26(33)22-15-31(21-5-3-2-4-6-21)29-25(22)18-8-10-19(27)11-9-18/h2-15H,16H2,1H3. The average Bonchev–Trinajstić information content (AvgIpc) is 3.30. The number of benzene rings is 2. The van der Waals surface area contributed by atoms with E-state index in [2.05, 4.69) is 10.1 Å². The zero-order valence-corrected chi connectivity index (χ0v) is 18.2. The normalized spacial score (nSPS) is 11.0. The summed E-state index contributed by atoms with van der Waals surface area (Å²) in [5.74, 6) is -1.02. The van der Waals surface area contributed by atoms with Crippen LogP contribution in [0.5, 0.6) is 0 Å². The largest absolute Gasteiger partial charge is 0.455 e. The van der Waals surface area contributed by atoms with Crippen molar-refractivity contribution in [2.45, 2.75) is 13.5 Å². The number of ether oxygens (including phenoxy) is 1. The maximum absolute atomic E-state index is 13.5. The number of pyridine rings is 1. The van der Waals surface area contributed by atoms with E-state index in [1.165, 1.54) is 22.6 Å². The van der Waals surface area contributed by atoms with Crippen LogP contribution < -0.4 is 5.56 Å². The number of aromatic nitrogens is 4. The summed E-state index contributed by atoms with van der Waals surface area (Å²) in [7, 11) is 0. The van der Waals surface area contributed by atoms with Crippen molar-refractivity contribution in [3.63, 3.8) is 0 Å². The van der Waals surface area contributed by atoms with E-state index >= 15 is 0 Å². The Morgan fingerprint density at radius 3 is 2.53 bits per heavy atom. The summed E-state index contributed by atoms with van der Waals surface area (Å²) in [6.45, 7) is 1.70. The number of nitrogens with zero attached hydrogens (tertiary/aromatic N) is 4. The van der Waals surface area contributed by atoms with Gasteiger partial charge in [0.05, 0.1) is 11.4 Å². The number of carbonyl (C=O) groups is 1. The molecule has 168 valence electrons. The van der Waals surface area contributed by atoms with Gasteiger partial charge in [0.15, 0.2) is 0 Å². The summed E-state index contributed by atoms with van der Waals surface area (Å²) in [5, 5.41) is 4.54. The highest BCUT2D eigenvalue weighted by atomic mass is 19.1. The van der Waals surface area contributed by atoms with Crippen molar-refractivity contribution in [2.24, 2.45) is 0 Å². The highest BCUT2D eigenvalue weighted by Gasteiger charge is 2.20. The minimum absolute atomic E-state index is 0.183. The second-order valence-corrected chi connectivity index (χ2v) is 7.77. The lowest BCUT2D eigenvalue weighted by Gasteiger charge is -2.07. The van der Waals surface area contributed by atoms with Gasteiger partial charge in [0.25, 0.3) is 5.56 Å². The number of carbonyl (C=O) groups excluding carboxylic acids is 1. The summed E-state index contributed by atoms with van der Waals surface area (Å²) in [5.41, 5.74) is 3.36. The van der Waals surface area contributed by atoms with Gasteiger partial charge in [-0.3, -0.25) is 9.20 Å². The Bertz CT molecular complexity index is 1560. The molecule has 0 N–H and O–H groups in total. The Hall–Kier alpha value is -4.59. The number of fused-ring (bicyclic) bond motifs is 1. The smallest absolute Gasteiger partial charge is 0.342 e. The summed E-state index contributed by atoms with van der Waals surface area (Å²) in [6, 6.07) is 19.9. The van der Waals surface area contributed by atoms with E-state index in [1.54, 1.807) is 35.3 Å².